The number of hydrogen-bond acceptors (Lipinski definition) is 13. The number of aromatic nitrogens is 3. The molecule has 0 saturated carbocycles. The minimum Gasteiger partial charge on any atom is -0.457 e. The summed E-state index contributed by atoms with van der Waals surface area (Å²) in [6.07, 6.45) is 0.253. The summed E-state index contributed by atoms with van der Waals surface area (Å²) in [7, 11) is -4.11. The monoisotopic (exact) mass is 641 g/mol. The minimum absolute atomic E-state index is 0.0322. The quantitative estimate of drug-likeness (QED) is 0.0973. The van der Waals surface area contributed by atoms with E-state index < -0.39 is 27.2 Å². The first-order chi connectivity index (χ1) is 20.9. The zero-order chi connectivity index (χ0) is 32.1. The molecule has 17 heteroatoms. The number of carbonyl (C=O) groups is 1. The Morgan fingerprint density at radius 3 is 2.27 bits per heavy atom. The van der Waals surface area contributed by atoms with Crippen LogP contribution >= 0.6 is 0 Å². The number of ether oxygens (including phenoxy) is 4. The van der Waals surface area contributed by atoms with Gasteiger partial charge in [0.05, 0.1) is 63.0 Å². The third-order valence-corrected chi connectivity index (χ3v) is 6.95. The van der Waals surface area contributed by atoms with Crippen LogP contribution in [0.4, 0.5) is 4.39 Å². The Kier molecular flexibility index (Phi) is 13.7. The number of carbonyl (C=O) groups excluding carboxylic acids is 1. The summed E-state index contributed by atoms with van der Waals surface area (Å²) in [5, 5.41) is 25.8. The average molecular weight is 642 g/mol. The molecule has 2 aromatic carbocycles. The molecule has 15 nitrogen and oxygen atoms in total. The maximum atomic E-state index is 15.1. The molecule has 0 saturated heterocycles. The van der Waals surface area contributed by atoms with Gasteiger partial charge in [-0.25, -0.2) is 32.5 Å². The second-order valence-electron chi connectivity index (χ2n) is 9.45. The van der Waals surface area contributed by atoms with Gasteiger partial charge in [-0.2, -0.15) is 0 Å². The van der Waals surface area contributed by atoms with Gasteiger partial charge in [0.2, 0.25) is 10.0 Å². The third kappa shape index (κ3) is 11.6. The van der Waals surface area contributed by atoms with E-state index >= 15 is 4.39 Å². The Bertz CT molecular complexity index is 1490. The van der Waals surface area contributed by atoms with Gasteiger partial charge in [-0.3, -0.25) is 15.2 Å². The summed E-state index contributed by atoms with van der Waals surface area (Å²) in [6.45, 7) is 4.90. The number of hydrogen-bond donors (Lipinski definition) is 3. The van der Waals surface area contributed by atoms with E-state index in [1.807, 2.05) is 32.0 Å². The molecule has 0 fully saturated rings. The summed E-state index contributed by atoms with van der Waals surface area (Å²) < 4.78 is 60.8. The van der Waals surface area contributed by atoms with Crippen LogP contribution in [-0.2, 0) is 51.6 Å². The summed E-state index contributed by atoms with van der Waals surface area (Å²) in [5.74, 6) is -0.938. The number of rotatable bonds is 19. The number of esters is 1. The van der Waals surface area contributed by atoms with Crippen molar-refractivity contribution in [1.82, 2.24) is 20.2 Å². The molecule has 1 heterocycles. The molecule has 0 aliphatic carbocycles. The highest BCUT2D eigenvalue weighted by molar-refractivity contribution is 7.89. The van der Waals surface area contributed by atoms with Crippen LogP contribution in [0.3, 0.4) is 0 Å². The van der Waals surface area contributed by atoms with Crippen molar-refractivity contribution in [3.05, 3.63) is 70.6 Å². The topological polar surface area (TPSA) is 198 Å². The summed E-state index contributed by atoms with van der Waals surface area (Å²) in [4.78, 5) is 20.7. The normalized spacial score (nSPS) is 11.8. The molecule has 242 valence electrons. The molecule has 0 unspecified atom stereocenters. The van der Waals surface area contributed by atoms with Crippen LogP contribution in [0.5, 0.6) is 0 Å². The first-order valence-corrected chi connectivity index (χ1v) is 15.0. The van der Waals surface area contributed by atoms with Crippen molar-refractivity contribution in [2.75, 3.05) is 46.2 Å². The van der Waals surface area contributed by atoms with Crippen LogP contribution < -0.4 is 5.14 Å². The van der Waals surface area contributed by atoms with Crippen molar-refractivity contribution in [1.29, 1.82) is 0 Å². The molecule has 0 amide bonds. The van der Waals surface area contributed by atoms with Crippen molar-refractivity contribution in [2.24, 2.45) is 5.14 Å². The predicted octanol–water partition coefficient (Wildman–Crippen LogP) is 1.76. The van der Waals surface area contributed by atoms with Crippen molar-refractivity contribution in [3.8, 4) is 5.69 Å². The highest BCUT2D eigenvalue weighted by atomic mass is 32.2. The maximum absolute atomic E-state index is 15.1. The number of halogens is 1. The third-order valence-electron chi connectivity index (χ3n) is 6.04. The van der Waals surface area contributed by atoms with Crippen LogP contribution in [0.15, 0.2) is 41.3 Å². The molecular formula is C27H36FN5O10S. The van der Waals surface area contributed by atoms with Crippen LogP contribution in [0.25, 0.3) is 5.69 Å². The summed E-state index contributed by atoms with van der Waals surface area (Å²) in [6, 6.07) is 9.15. The lowest BCUT2D eigenvalue weighted by Gasteiger charge is -2.10. The molecule has 0 spiro atoms. The average Bonchev–Trinajstić information content (AvgIpc) is 3.35. The van der Waals surface area contributed by atoms with E-state index in [4.69, 9.17) is 34.5 Å². The van der Waals surface area contributed by atoms with Gasteiger partial charge in [0, 0.05) is 6.42 Å². The van der Waals surface area contributed by atoms with Gasteiger partial charge in [-0.05, 0) is 43.2 Å². The molecular weight excluding hydrogens is 605 g/mol. The molecule has 0 atom stereocenters. The number of benzene rings is 2. The fraction of sp³-hybridized carbons (Fsp3) is 0.444. The van der Waals surface area contributed by atoms with Crippen molar-refractivity contribution >= 4 is 16.0 Å². The van der Waals surface area contributed by atoms with Crippen molar-refractivity contribution < 1.29 is 51.8 Å². The summed E-state index contributed by atoms with van der Waals surface area (Å²) in [5.41, 5.74) is 2.91. The van der Waals surface area contributed by atoms with Gasteiger partial charge in [-0.15, -0.1) is 5.10 Å². The lowest BCUT2D eigenvalue weighted by Crippen LogP contribution is -2.18. The van der Waals surface area contributed by atoms with E-state index in [0.29, 0.717) is 12.4 Å². The molecule has 44 heavy (non-hydrogen) atoms. The summed E-state index contributed by atoms with van der Waals surface area (Å²) >= 11 is 0. The fourth-order valence-electron chi connectivity index (χ4n) is 3.85. The Labute approximate surface area is 253 Å². The first-order valence-electron chi connectivity index (χ1n) is 13.5. The second kappa shape index (κ2) is 17.2. The standard InChI is InChI=1S/C27H36FN5O10S/c1-19-3-4-20(2)21(15-19)16-26-30-25(31-32(26)24-6-5-22(17-23(24)28)44(29,37)38)18-42-27(34)7-8-39-9-10-40-11-12-41-13-14-43-33(35)36/h3-6,15,17,35-36H,7-14,16,18H2,1-2H3,(H2,29,37,38). The lowest BCUT2D eigenvalue weighted by molar-refractivity contribution is -0.493. The Morgan fingerprint density at radius 1 is 0.977 bits per heavy atom. The van der Waals surface area contributed by atoms with Gasteiger partial charge < -0.3 is 18.9 Å². The molecule has 1 aromatic heterocycles. The lowest BCUT2D eigenvalue weighted by atomic mass is 10.0. The molecule has 3 rings (SSSR count). The molecule has 3 aromatic rings. The van der Waals surface area contributed by atoms with E-state index in [1.165, 1.54) is 16.8 Å². The number of nitrogens with zero attached hydrogens (tertiary/aromatic N) is 4. The van der Waals surface area contributed by atoms with Gasteiger partial charge in [0.1, 0.15) is 17.3 Å². The largest absolute Gasteiger partial charge is 0.457 e. The van der Waals surface area contributed by atoms with Crippen molar-refractivity contribution in [3.63, 3.8) is 0 Å². The molecule has 0 radical (unpaired) electrons. The number of sulfonamides is 1. The van der Waals surface area contributed by atoms with E-state index in [1.54, 1.807) is 0 Å². The van der Waals surface area contributed by atoms with Crippen molar-refractivity contribution in [2.45, 2.75) is 38.2 Å². The van der Waals surface area contributed by atoms with E-state index in [0.717, 1.165) is 22.8 Å². The maximum Gasteiger partial charge on any atom is 0.308 e. The Morgan fingerprint density at radius 2 is 1.64 bits per heavy atom. The number of nitrogens with two attached hydrogens (primary N) is 1. The van der Waals surface area contributed by atoms with Crippen LogP contribution in [0.2, 0.25) is 0 Å². The predicted molar refractivity (Wildman–Crippen MR) is 150 cm³/mol. The van der Waals surface area contributed by atoms with E-state index in [9.17, 15) is 13.2 Å². The van der Waals surface area contributed by atoms with E-state index in [-0.39, 0.29) is 75.5 Å². The van der Waals surface area contributed by atoms with Crippen LogP contribution in [-0.4, -0.2) is 91.2 Å². The molecule has 0 bridgehead atoms. The number of aryl methyl sites for hydroxylation is 2. The zero-order valence-electron chi connectivity index (χ0n) is 24.3. The zero-order valence-corrected chi connectivity index (χ0v) is 25.2. The highest BCUT2D eigenvalue weighted by Gasteiger charge is 2.19. The smallest absolute Gasteiger partial charge is 0.308 e. The molecule has 0 aliphatic heterocycles. The van der Waals surface area contributed by atoms with Gasteiger partial charge in [0.25, 0.3) is 0 Å². The van der Waals surface area contributed by atoms with E-state index in [2.05, 4.69) is 14.9 Å². The highest BCUT2D eigenvalue weighted by Crippen LogP contribution is 2.22. The van der Waals surface area contributed by atoms with Gasteiger partial charge in [-0.1, -0.05) is 23.8 Å². The molecule has 4 N–H and O–H groups in total. The fourth-order valence-corrected chi connectivity index (χ4v) is 4.38. The SMILES string of the molecule is Cc1ccc(C)c(Cc2nc(COC(=O)CCOCCOCCOCCON(O)O)nn2-c2ccc(S(N)(=O)=O)cc2F)c1. The van der Waals surface area contributed by atoms with Crippen LogP contribution in [0, 0.1) is 19.7 Å². The first kappa shape index (κ1) is 35.1. The second-order valence-corrected chi connectivity index (χ2v) is 11.0. The Hall–Kier alpha value is -3.39. The number of primary sulfonamides is 1. The Balaban J connectivity index is 1.52. The van der Waals surface area contributed by atoms with Gasteiger partial charge in [0.15, 0.2) is 12.4 Å². The minimum atomic E-state index is -4.11. The molecule has 0 aliphatic rings. The van der Waals surface area contributed by atoms with Gasteiger partial charge >= 0.3 is 5.97 Å². The van der Waals surface area contributed by atoms with Crippen LogP contribution in [0.1, 0.15) is 34.8 Å².